The molecule has 0 radical (unpaired) electrons. The van der Waals surface area contributed by atoms with Gasteiger partial charge in [-0.2, -0.15) is 4.31 Å². The number of alkyl halides is 2. The molecule has 2 fully saturated rings. The van der Waals surface area contributed by atoms with Gasteiger partial charge in [0.15, 0.2) is 10.8 Å². The first kappa shape index (κ1) is 31.1. The average Bonchev–Trinajstić information content (AvgIpc) is 3.68. The fourth-order valence-corrected chi connectivity index (χ4v) is 7.80. The second kappa shape index (κ2) is 12.0. The van der Waals surface area contributed by atoms with Gasteiger partial charge in [0.25, 0.3) is 5.92 Å². The number of thiazole rings is 1. The first-order chi connectivity index (χ1) is 20.3. The number of esters is 1. The van der Waals surface area contributed by atoms with Gasteiger partial charge in [0.1, 0.15) is 11.9 Å². The monoisotopic (exact) mass is 641 g/mol. The molecule has 0 saturated carbocycles. The van der Waals surface area contributed by atoms with Crippen LogP contribution in [0.25, 0.3) is 0 Å². The number of rotatable bonds is 10. The van der Waals surface area contributed by atoms with Crippen LogP contribution in [0, 0.1) is 18.7 Å². The summed E-state index contributed by atoms with van der Waals surface area (Å²) in [6, 6.07) is 2.45. The standard InChI is InChI=1S/C27H30F3N5O6S2/c1-3-41-26(38)22-19(32-24(25-31-8-9-42-25)33-23(22)16-5-4-6-18(28)15(16)2)12-34-14-27(29,30)17-11-35(13-20(17)34)43(39,40)10-7-21(36)37/h4-6,8-9,17,20,23H,3,7,10-14H2,1-2H3,(H,32,33)(H,36,37). The Hall–Kier alpha value is -3.34. The minimum atomic E-state index is -4.10. The highest BCUT2D eigenvalue weighted by Gasteiger charge is 2.59. The van der Waals surface area contributed by atoms with Gasteiger partial charge in [0, 0.05) is 43.0 Å². The van der Waals surface area contributed by atoms with Gasteiger partial charge in [-0.25, -0.2) is 31.4 Å². The van der Waals surface area contributed by atoms with Crippen LogP contribution in [0.4, 0.5) is 13.2 Å². The zero-order chi connectivity index (χ0) is 31.1. The summed E-state index contributed by atoms with van der Waals surface area (Å²) >= 11 is 1.26. The SMILES string of the molecule is CCOC(=O)C1=C(CN2CC(F)(F)C3CN(S(=O)(=O)CCC(=O)O)CC32)NC(c2nccs2)=NC1c1cccc(F)c1C. The number of hydrogen-bond acceptors (Lipinski definition) is 10. The molecule has 4 heterocycles. The summed E-state index contributed by atoms with van der Waals surface area (Å²) in [5.41, 5.74) is 0.864. The number of halogens is 3. The third-order valence-electron chi connectivity index (χ3n) is 7.87. The minimum Gasteiger partial charge on any atom is -0.481 e. The van der Waals surface area contributed by atoms with Crippen LogP contribution in [-0.2, 0) is 24.3 Å². The fourth-order valence-electron chi connectivity index (χ4n) is 5.75. The molecule has 2 N–H and O–H groups in total. The second-order valence-electron chi connectivity index (χ2n) is 10.5. The van der Waals surface area contributed by atoms with Crippen LogP contribution >= 0.6 is 11.3 Å². The van der Waals surface area contributed by atoms with Crippen molar-refractivity contribution in [3.63, 3.8) is 0 Å². The molecule has 1 aromatic heterocycles. The van der Waals surface area contributed by atoms with E-state index in [-0.39, 0.29) is 42.4 Å². The Morgan fingerprint density at radius 2 is 2.05 bits per heavy atom. The lowest BCUT2D eigenvalue weighted by atomic mass is 9.92. The molecular weight excluding hydrogens is 611 g/mol. The molecule has 0 spiro atoms. The number of aromatic nitrogens is 1. The van der Waals surface area contributed by atoms with Crippen molar-refractivity contribution in [2.45, 2.75) is 38.3 Å². The summed E-state index contributed by atoms with van der Waals surface area (Å²) in [5.74, 6) is -7.61. The molecular formula is C27H30F3N5O6S2. The van der Waals surface area contributed by atoms with Gasteiger partial charge >= 0.3 is 11.9 Å². The lowest BCUT2D eigenvalue weighted by molar-refractivity contribution is -0.139. The molecule has 0 bridgehead atoms. The Kier molecular flexibility index (Phi) is 8.66. The lowest BCUT2D eigenvalue weighted by Crippen LogP contribution is -2.44. The van der Waals surface area contributed by atoms with E-state index in [4.69, 9.17) is 14.8 Å². The lowest BCUT2D eigenvalue weighted by Gasteiger charge is -2.31. The molecule has 2 saturated heterocycles. The number of nitrogens with one attached hydrogen (secondary N) is 1. The van der Waals surface area contributed by atoms with Gasteiger partial charge in [-0.3, -0.25) is 14.7 Å². The number of hydrogen-bond donors (Lipinski definition) is 2. The molecule has 2 aromatic rings. The third-order valence-corrected chi connectivity index (χ3v) is 10.5. The van der Waals surface area contributed by atoms with E-state index in [1.807, 2.05) is 0 Å². The molecule has 3 atom stereocenters. The molecule has 3 aliphatic heterocycles. The summed E-state index contributed by atoms with van der Waals surface area (Å²) in [4.78, 5) is 34.8. The molecule has 3 unspecified atom stereocenters. The van der Waals surface area contributed by atoms with E-state index >= 15 is 8.78 Å². The summed E-state index contributed by atoms with van der Waals surface area (Å²) in [6.45, 7) is 1.56. The highest BCUT2D eigenvalue weighted by Crippen LogP contribution is 2.44. The number of carbonyl (C=O) groups excluding carboxylic acids is 1. The van der Waals surface area contributed by atoms with Gasteiger partial charge in [-0.15, -0.1) is 11.3 Å². The predicted octanol–water partition coefficient (Wildman–Crippen LogP) is 2.55. The number of benzene rings is 1. The summed E-state index contributed by atoms with van der Waals surface area (Å²) in [7, 11) is -4.10. The highest BCUT2D eigenvalue weighted by molar-refractivity contribution is 7.89. The molecule has 16 heteroatoms. The normalized spacial score (nSPS) is 24.0. The zero-order valence-electron chi connectivity index (χ0n) is 23.3. The second-order valence-corrected chi connectivity index (χ2v) is 13.5. The van der Waals surface area contributed by atoms with Crippen LogP contribution < -0.4 is 5.32 Å². The smallest absolute Gasteiger partial charge is 0.338 e. The number of carboxylic acids is 1. The van der Waals surface area contributed by atoms with Crippen molar-refractivity contribution in [3.05, 3.63) is 63.0 Å². The van der Waals surface area contributed by atoms with Crippen molar-refractivity contribution < 1.29 is 41.0 Å². The van der Waals surface area contributed by atoms with Crippen LogP contribution in [0.5, 0.6) is 0 Å². The quantitative estimate of drug-likeness (QED) is 0.375. The maximum Gasteiger partial charge on any atom is 0.338 e. The number of fused-ring (bicyclic) bond motifs is 1. The molecule has 1 aromatic carbocycles. The van der Waals surface area contributed by atoms with E-state index in [9.17, 15) is 22.4 Å². The minimum absolute atomic E-state index is 0.0170. The van der Waals surface area contributed by atoms with E-state index in [1.54, 1.807) is 31.5 Å². The highest BCUT2D eigenvalue weighted by atomic mass is 32.2. The Morgan fingerprint density at radius 3 is 2.72 bits per heavy atom. The van der Waals surface area contributed by atoms with Crippen molar-refractivity contribution in [1.29, 1.82) is 0 Å². The summed E-state index contributed by atoms with van der Waals surface area (Å²) < 4.78 is 77.2. The maximum atomic E-state index is 15.3. The third kappa shape index (κ3) is 6.18. The number of ether oxygens (including phenoxy) is 1. The van der Waals surface area contributed by atoms with E-state index in [0.717, 1.165) is 4.31 Å². The van der Waals surface area contributed by atoms with Crippen molar-refractivity contribution in [3.8, 4) is 0 Å². The first-order valence-electron chi connectivity index (χ1n) is 13.5. The van der Waals surface area contributed by atoms with Gasteiger partial charge in [0.05, 0.1) is 36.8 Å². The van der Waals surface area contributed by atoms with E-state index in [0.29, 0.717) is 10.6 Å². The van der Waals surface area contributed by atoms with Crippen molar-refractivity contribution in [2.75, 3.05) is 38.5 Å². The van der Waals surface area contributed by atoms with E-state index in [2.05, 4.69) is 10.3 Å². The van der Waals surface area contributed by atoms with Crippen molar-refractivity contribution >= 4 is 39.1 Å². The number of nitrogens with zero attached hydrogens (tertiary/aromatic N) is 4. The van der Waals surface area contributed by atoms with Crippen molar-refractivity contribution in [1.82, 2.24) is 19.5 Å². The van der Waals surface area contributed by atoms with Gasteiger partial charge in [0.2, 0.25) is 10.0 Å². The van der Waals surface area contributed by atoms with Crippen LogP contribution in [0.1, 0.15) is 35.5 Å². The molecule has 5 rings (SSSR count). The molecule has 0 aliphatic carbocycles. The number of carboxylic acid groups (broad SMARTS) is 1. The maximum absolute atomic E-state index is 15.3. The number of sulfonamides is 1. The molecule has 43 heavy (non-hydrogen) atoms. The summed E-state index contributed by atoms with van der Waals surface area (Å²) in [6.07, 6.45) is 0.911. The fraction of sp³-hybridized carbons (Fsp3) is 0.481. The van der Waals surface area contributed by atoms with Crippen LogP contribution in [0.3, 0.4) is 0 Å². The van der Waals surface area contributed by atoms with Crippen molar-refractivity contribution in [2.24, 2.45) is 10.9 Å². The first-order valence-corrected chi connectivity index (χ1v) is 16.0. The number of carbonyl (C=O) groups is 2. The van der Waals surface area contributed by atoms with Gasteiger partial charge < -0.3 is 15.2 Å². The predicted molar refractivity (Wildman–Crippen MR) is 151 cm³/mol. The number of amidine groups is 1. The number of likely N-dealkylation sites (tertiary alicyclic amines) is 1. The largest absolute Gasteiger partial charge is 0.481 e. The Labute approximate surface area is 250 Å². The Morgan fingerprint density at radius 1 is 1.28 bits per heavy atom. The Balaban J connectivity index is 1.54. The Bertz CT molecular complexity index is 1580. The molecule has 232 valence electrons. The average molecular weight is 642 g/mol. The molecule has 3 aliphatic rings. The van der Waals surface area contributed by atoms with E-state index < -0.39 is 77.0 Å². The van der Waals surface area contributed by atoms with E-state index in [1.165, 1.54) is 28.4 Å². The summed E-state index contributed by atoms with van der Waals surface area (Å²) in [5, 5.41) is 14.2. The number of aliphatic imine (C=N–C) groups is 1. The van der Waals surface area contributed by atoms with Gasteiger partial charge in [-0.1, -0.05) is 12.1 Å². The zero-order valence-corrected chi connectivity index (χ0v) is 24.9. The topological polar surface area (TPSA) is 142 Å². The van der Waals surface area contributed by atoms with Crippen LogP contribution in [0.2, 0.25) is 0 Å². The molecule has 0 amide bonds. The van der Waals surface area contributed by atoms with Gasteiger partial charge in [-0.05, 0) is 31.0 Å². The van der Waals surface area contributed by atoms with Crippen LogP contribution in [-0.4, -0.2) is 96.0 Å². The van der Waals surface area contributed by atoms with Crippen LogP contribution in [0.15, 0.2) is 46.0 Å². The molecule has 11 nitrogen and oxygen atoms in total. The number of aliphatic carboxylic acids is 1.